The Kier molecular flexibility index (Phi) is 3.71. The molecule has 0 aliphatic heterocycles. The van der Waals surface area contributed by atoms with Crippen molar-refractivity contribution in [2.45, 2.75) is 20.4 Å². The topological polar surface area (TPSA) is 62.4 Å². The van der Waals surface area contributed by atoms with E-state index in [4.69, 9.17) is 5.73 Å². The van der Waals surface area contributed by atoms with Crippen LogP contribution in [-0.4, -0.2) is 17.1 Å². The normalized spacial score (nSPS) is 10.5. The van der Waals surface area contributed by atoms with Gasteiger partial charge in [0.25, 0.3) is 0 Å². The van der Waals surface area contributed by atoms with Gasteiger partial charge in [0, 0.05) is 30.5 Å². The Bertz CT molecular complexity index is 579. The summed E-state index contributed by atoms with van der Waals surface area (Å²) in [5.74, 6) is 1.12. The SMILES string of the molecule is Cc1cc(C)c(CN)c(N(C)c2ccc(O)cc2)n1. The number of nitrogens with two attached hydrogens (primary N) is 1. The molecule has 0 radical (unpaired) electrons. The van der Waals surface area contributed by atoms with Gasteiger partial charge in [0.15, 0.2) is 0 Å². The summed E-state index contributed by atoms with van der Waals surface area (Å²) in [5.41, 5.74) is 9.96. The van der Waals surface area contributed by atoms with Crippen molar-refractivity contribution in [2.75, 3.05) is 11.9 Å². The largest absolute Gasteiger partial charge is 0.508 e. The molecule has 0 unspecified atom stereocenters. The summed E-state index contributed by atoms with van der Waals surface area (Å²) in [6, 6.07) is 9.08. The molecular weight excluding hydrogens is 238 g/mol. The average Bonchev–Trinajstić information content (AvgIpc) is 2.38. The molecule has 0 aliphatic carbocycles. The Morgan fingerprint density at radius 2 is 1.84 bits per heavy atom. The van der Waals surface area contributed by atoms with Crippen molar-refractivity contribution < 1.29 is 5.11 Å². The molecule has 0 saturated carbocycles. The fourth-order valence-electron chi connectivity index (χ4n) is 2.17. The van der Waals surface area contributed by atoms with Gasteiger partial charge in [-0.05, 0) is 49.7 Å². The predicted molar refractivity (Wildman–Crippen MR) is 77.8 cm³/mol. The summed E-state index contributed by atoms with van der Waals surface area (Å²) in [6.07, 6.45) is 0. The first-order chi connectivity index (χ1) is 9.02. The van der Waals surface area contributed by atoms with Gasteiger partial charge in [0.05, 0.1) is 0 Å². The number of aryl methyl sites for hydroxylation is 2. The zero-order valence-electron chi connectivity index (χ0n) is 11.5. The van der Waals surface area contributed by atoms with Gasteiger partial charge in [0.1, 0.15) is 11.6 Å². The molecule has 3 N–H and O–H groups in total. The van der Waals surface area contributed by atoms with E-state index in [0.717, 1.165) is 28.3 Å². The van der Waals surface area contributed by atoms with Crippen LogP contribution in [0.3, 0.4) is 0 Å². The molecule has 4 heteroatoms. The standard InChI is InChI=1S/C15H19N3O/c1-10-8-11(2)17-15(14(10)9-16)18(3)12-4-6-13(19)7-5-12/h4-8,19H,9,16H2,1-3H3. The van der Waals surface area contributed by atoms with Gasteiger partial charge in [-0.15, -0.1) is 0 Å². The van der Waals surface area contributed by atoms with Crippen LogP contribution in [0.1, 0.15) is 16.8 Å². The molecule has 4 nitrogen and oxygen atoms in total. The molecule has 1 aromatic heterocycles. The Balaban J connectivity index is 2.48. The highest BCUT2D eigenvalue weighted by molar-refractivity contribution is 5.64. The number of hydrogen-bond donors (Lipinski definition) is 2. The molecule has 0 spiro atoms. The molecule has 100 valence electrons. The molecule has 2 rings (SSSR count). The number of aromatic hydroxyl groups is 1. The van der Waals surface area contributed by atoms with Crippen molar-refractivity contribution in [3.63, 3.8) is 0 Å². The van der Waals surface area contributed by atoms with E-state index >= 15 is 0 Å². The number of rotatable bonds is 3. The van der Waals surface area contributed by atoms with Crippen LogP contribution in [0.15, 0.2) is 30.3 Å². The number of anilines is 2. The Labute approximate surface area is 113 Å². The number of phenolic OH excluding ortho intramolecular Hbond substituents is 1. The second-order valence-corrected chi connectivity index (χ2v) is 4.66. The lowest BCUT2D eigenvalue weighted by molar-refractivity contribution is 0.475. The fourth-order valence-corrected chi connectivity index (χ4v) is 2.17. The lowest BCUT2D eigenvalue weighted by atomic mass is 10.1. The summed E-state index contributed by atoms with van der Waals surface area (Å²) in [7, 11) is 1.95. The Morgan fingerprint density at radius 1 is 1.21 bits per heavy atom. The van der Waals surface area contributed by atoms with Crippen LogP contribution < -0.4 is 10.6 Å². The minimum atomic E-state index is 0.254. The number of benzene rings is 1. The van der Waals surface area contributed by atoms with Crippen molar-refractivity contribution >= 4 is 11.5 Å². The molecule has 1 heterocycles. The Morgan fingerprint density at radius 3 is 2.42 bits per heavy atom. The smallest absolute Gasteiger partial charge is 0.137 e. The molecule has 0 atom stereocenters. The summed E-state index contributed by atoms with van der Waals surface area (Å²) >= 11 is 0. The van der Waals surface area contributed by atoms with Gasteiger partial charge in [-0.3, -0.25) is 0 Å². The zero-order valence-corrected chi connectivity index (χ0v) is 11.5. The number of aromatic nitrogens is 1. The molecule has 1 aromatic carbocycles. The van der Waals surface area contributed by atoms with Crippen LogP contribution in [0, 0.1) is 13.8 Å². The lowest BCUT2D eigenvalue weighted by Gasteiger charge is -2.22. The molecule has 0 fully saturated rings. The van der Waals surface area contributed by atoms with Crippen molar-refractivity contribution in [2.24, 2.45) is 5.73 Å². The molecule has 0 saturated heterocycles. The highest BCUT2D eigenvalue weighted by Gasteiger charge is 2.13. The second kappa shape index (κ2) is 5.28. The predicted octanol–water partition coefficient (Wildman–Crippen LogP) is 2.63. The maximum Gasteiger partial charge on any atom is 0.137 e. The van der Waals surface area contributed by atoms with Gasteiger partial charge in [-0.25, -0.2) is 4.98 Å². The molecule has 0 bridgehead atoms. The van der Waals surface area contributed by atoms with E-state index in [-0.39, 0.29) is 5.75 Å². The first-order valence-corrected chi connectivity index (χ1v) is 6.23. The maximum absolute atomic E-state index is 9.34. The lowest BCUT2D eigenvalue weighted by Crippen LogP contribution is -2.16. The summed E-state index contributed by atoms with van der Waals surface area (Å²) in [5, 5.41) is 9.34. The number of nitrogens with zero attached hydrogens (tertiary/aromatic N) is 2. The van der Waals surface area contributed by atoms with Crippen molar-refractivity contribution in [1.29, 1.82) is 0 Å². The second-order valence-electron chi connectivity index (χ2n) is 4.66. The fraction of sp³-hybridized carbons (Fsp3) is 0.267. The summed E-state index contributed by atoms with van der Waals surface area (Å²) in [4.78, 5) is 6.57. The summed E-state index contributed by atoms with van der Waals surface area (Å²) in [6.45, 7) is 4.48. The zero-order chi connectivity index (χ0) is 14.0. The van der Waals surface area contributed by atoms with E-state index in [9.17, 15) is 5.11 Å². The van der Waals surface area contributed by atoms with E-state index in [1.165, 1.54) is 0 Å². The monoisotopic (exact) mass is 257 g/mol. The molecule has 2 aromatic rings. The Hall–Kier alpha value is -2.07. The minimum absolute atomic E-state index is 0.254. The van der Waals surface area contributed by atoms with Crippen molar-refractivity contribution in [3.05, 3.63) is 47.2 Å². The van der Waals surface area contributed by atoms with E-state index in [1.54, 1.807) is 12.1 Å². The molecule has 0 aliphatic rings. The van der Waals surface area contributed by atoms with E-state index < -0.39 is 0 Å². The molecule has 0 amide bonds. The van der Waals surface area contributed by atoms with E-state index in [1.807, 2.05) is 44.0 Å². The number of pyridine rings is 1. The maximum atomic E-state index is 9.34. The van der Waals surface area contributed by atoms with Gasteiger partial charge in [-0.1, -0.05) is 0 Å². The first-order valence-electron chi connectivity index (χ1n) is 6.23. The average molecular weight is 257 g/mol. The van der Waals surface area contributed by atoms with Crippen LogP contribution in [0.2, 0.25) is 0 Å². The molecular formula is C15H19N3O. The van der Waals surface area contributed by atoms with E-state index in [0.29, 0.717) is 6.54 Å². The van der Waals surface area contributed by atoms with Crippen LogP contribution in [0.4, 0.5) is 11.5 Å². The number of hydrogen-bond acceptors (Lipinski definition) is 4. The molecule has 19 heavy (non-hydrogen) atoms. The highest BCUT2D eigenvalue weighted by atomic mass is 16.3. The third-order valence-electron chi connectivity index (χ3n) is 3.21. The van der Waals surface area contributed by atoms with Crippen LogP contribution in [0.25, 0.3) is 0 Å². The third-order valence-corrected chi connectivity index (χ3v) is 3.21. The quantitative estimate of drug-likeness (QED) is 0.887. The van der Waals surface area contributed by atoms with Gasteiger partial charge in [-0.2, -0.15) is 0 Å². The third kappa shape index (κ3) is 2.69. The van der Waals surface area contributed by atoms with Crippen molar-refractivity contribution in [1.82, 2.24) is 4.98 Å². The number of phenols is 1. The van der Waals surface area contributed by atoms with Crippen LogP contribution in [0.5, 0.6) is 5.75 Å². The van der Waals surface area contributed by atoms with E-state index in [2.05, 4.69) is 4.98 Å². The minimum Gasteiger partial charge on any atom is -0.508 e. The first kappa shape index (κ1) is 13.4. The summed E-state index contributed by atoms with van der Waals surface area (Å²) < 4.78 is 0. The van der Waals surface area contributed by atoms with Crippen molar-refractivity contribution in [3.8, 4) is 5.75 Å². The highest BCUT2D eigenvalue weighted by Crippen LogP contribution is 2.28. The van der Waals surface area contributed by atoms with Gasteiger partial charge in [0.2, 0.25) is 0 Å². The van der Waals surface area contributed by atoms with Gasteiger partial charge >= 0.3 is 0 Å². The van der Waals surface area contributed by atoms with Gasteiger partial charge < -0.3 is 15.7 Å². The van der Waals surface area contributed by atoms with Crippen LogP contribution in [-0.2, 0) is 6.54 Å². The van der Waals surface area contributed by atoms with Crippen LogP contribution >= 0.6 is 0 Å².